The summed E-state index contributed by atoms with van der Waals surface area (Å²) in [6, 6.07) is 5.27. The molecule has 1 heterocycles. The van der Waals surface area contributed by atoms with Crippen molar-refractivity contribution in [3.05, 3.63) is 51.4 Å². The van der Waals surface area contributed by atoms with Crippen LogP contribution >= 0.6 is 23.2 Å². The van der Waals surface area contributed by atoms with Crippen molar-refractivity contribution in [2.24, 2.45) is 10.7 Å². The highest BCUT2D eigenvalue weighted by Crippen LogP contribution is 2.29. The average molecular weight is 393 g/mol. The van der Waals surface area contributed by atoms with Gasteiger partial charge in [0.25, 0.3) is 0 Å². The van der Waals surface area contributed by atoms with Crippen LogP contribution in [-0.4, -0.2) is 36.3 Å². The topological polar surface area (TPSA) is 88.2 Å². The fourth-order valence-electron chi connectivity index (χ4n) is 2.19. The Balaban J connectivity index is 2.13. The predicted octanol–water partition coefficient (Wildman–Crippen LogP) is 3.57. The lowest BCUT2D eigenvalue weighted by Crippen LogP contribution is -2.26. The number of aryl methyl sites for hydroxylation is 1. The van der Waals surface area contributed by atoms with Crippen molar-refractivity contribution in [2.75, 3.05) is 25.5 Å². The first-order chi connectivity index (χ1) is 12.4. The van der Waals surface area contributed by atoms with Crippen molar-refractivity contribution >= 4 is 35.2 Å². The largest absolute Gasteiger partial charge is 0.385 e. The minimum atomic E-state index is 0.517. The van der Waals surface area contributed by atoms with Gasteiger partial charge in [-0.3, -0.25) is 4.99 Å². The Morgan fingerprint density at radius 3 is 2.69 bits per heavy atom. The molecule has 138 valence electrons. The molecule has 0 radical (unpaired) electrons. The summed E-state index contributed by atoms with van der Waals surface area (Å²) >= 11 is 12.3. The summed E-state index contributed by atoms with van der Waals surface area (Å²) in [5.41, 5.74) is 8.41. The second kappa shape index (κ2) is 9.40. The third-order valence-electron chi connectivity index (χ3n) is 3.71. The summed E-state index contributed by atoms with van der Waals surface area (Å²) in [5, 5.41) is 7.49. The highest BCUT2D eigenvalue weighted by molar-refractivity contribution is 6.36. The van der Waals surface area contributed by atoms with Crippen molar-refractivity contribution in [3.63, 3.8) is 0 Å². The second-order valence-electron chi connectivity index (χ2n) is 5.61. The molecule has 0 aliphatic carbocycles. The molecule has 0 saturated heterocycles. The van der Waals surface area contributed by atoms with Crippen LogP contribution in [0.4, 0.5) is 5.82 Å². The van der Waals surface area contributed by atoms with Gasteiger partial charge in [-0.15, -0.1) is 0 Å². The molecule has 0 aliphatic rings. The number of benzene rings is 1. The molecule has 0 fully saturated rings. The van der Waals surface area contributed by atoms with Crippen LogP contribution in [0.25, 0.3) is 11.4 Å². The van der Waals surface area contributed by atoms with Crippen LogP contribution in [0.2, 0.25) is 10.0 Å². The predicted molar refractivity (Wildman–Crippen MR) is 110 cm³/mol. The van der Waals surface area contributed by atoms with E-state index in [0.29, 0.717) is 34.8 Å². The maximum Gasteiger partial charge on any atom is 0.163 e. The van der Waals surface area contributed by atoms with Crippen LogP contribution < -0.4 is 16.4 Å². The van der Waals surface area contributed by atoms with Crippen LogP contribution in [0.5, 0.6) is 0 Å². The van der Waals surface area contributed by atoms with E-state index in [1.165, 1.54) is 0 Å². The molecule has 26 heavy (non-hydrogen) atoms. The van der Waals surface area contributed by atoms with Gasteiger partial charge in [0, 0.05) is 48.2 Å². The van der Waals surface area contributed by atoms with Crippen molar-refractivity contribution in [3.8, 4) is 11.4 Å². The van der Waals surface area contributed by atoms with Gasteiger partial charge in [-0.2, -0.15) is 0 Å². The van der Waals surface area contributed by atoms with Gasteiger partial charge >= 0.3 is 0 Å². The van der Waals surface area contributed by atoms with E-state index in [1.54, 1.807) is 31.5 Å². The zero-order chi connectivity index (χ0) is 19.1. The first-order valence-electron chi connectivity index (χ1n) is 8.08. The Morgan fingerprint density at radius 1 is 1.23 bits per heavy atom. The Morgan fingerprint density at radius 2 is 2.00 bits per heavy atom. The average Bonchev–Trinajstić information content (AvgIpc) is 2.60. The van der Waals surface area contributed by atoms with E-state index in [-0.39, 0.29) is 0 Å². The Hall–Kier alpha value is -2.31. The normalized spacial score (nSPS) is 11.8. The molecular weight excluding hydrogens is 371 g/mol. The Bertz CT molecular complexity index is 833. The molecule has 0 atom stereocenters. The highest BCUT2D eigenvalue weighted by atomic mass is 35.5. The molecule has 1 aromatic carbocycles. The van der Waals surface area contributed by atoms with Crippen LogP contribution in [0, 0.1) is 13.8 Å². The lowest BCUT2D eigenvalue weighted by Gasteiger charge is -2.14. The second-order valence-corrected chi connectivity index (χ2v) is 6.46. The van der Waals surface area contributed by atoms with Gasteiger partial charge in [-0.05, 0) is 38.1 Å². The lowest BCUT2D eigenvalue weighted by molar-refractivity contribution is 0.805. The van der Waals surface area contributed by atoms with Gasteiger partial charge < -0.3 is 16.4 Å². The number of aliphatic imine (C=N–C) groups is 1. The number of anilines is 1. The minimum Gasteiger partial charge on any atom is -0.385 e. The third kappa shape index (κ3) is 5.34. The standard InChI is InChI=1S/C18H22Cl2N6/c1-11-12(2)25-18(14-5-4-13(19)10-15(14)20)26-17(11)24-9-8-23-16(21)6-7-22-3/h4-7,10,23H,8-9,21H2,1-3H3,(H,24,25,26)/b16-6+,22-7-. The Kier molecular flexibility index (Phi) is 7.24. The number of allylic oxidation sites excluding steroid dienone is 1. The van der Waals surface area contributed by atoms with E-state index in [0.717, 1.165) is 22.6 Å². The zero-order valence-corrected chi connectivity index (χ0v) is 16.5. The maximum atomic E-state index is 6.29. The molecule has 0 spiro atoms. The molecule has 6 nitrogen and oxygen atoms in total. The number of hydrogen-bond acceptors (Lipinski definition) is 6. The van der Waals surface area contributed by atoms with Crippen molar-refractivity contribution in [1.29, 1.82) is 0 Å². The molecule has 0 aliphatic heterocycles. The van der Waals surface area contributed by atoms with E-state index in [4.69, 9.17) is 28.9 Å². The van der Waals surface area contributed by atoms with Gasteiger partial charge in [-0.25, -0.2) is 9.97 Å². The minimum absolute atomic E-state index is 0.517. The molecule has 0 saturated carbocycles. The zero-order valence-electron chi connectivity index (χ0n) is 15.0. The summed E-state index contributed by atoms with van der Waals surface area (Å²) < 4.78 is 0. The fraction of sp³-hybridized carbons (Fsp3) is 0.278. The van der Waals surface area contributed by atoms with E-state index in [2.05, 4.69) is 25.6 Å². The summed E-state index contributed by atoms with van der Waals surface area (Å²) in [6.45, 7) is 5.20. The highest BCUT2D eigenvalue weighted by Gasteiger charge is 2.12. The van der Waals surface area contributed by atoms with Crippen LogP contribution in [0.1, 0.15) is 11.3 Å². The molecule has 2 rings (SSSR count). The van der Waals surface area contributed by atoms with Gasteiger partial charge in [0.2, 0.25) is 0 Å². The number of nitrogens with zero attached hydrogens (tertiary/aromatic N) is 3. The van der Waals surface area contributed by atoms with Gasteiger partial charge in [-0.1, -0.05) is 23.2 Å². The quantitative estimate of drug-likeness (QED) is 0.495. The number of aromatic nitrogens is 2. The van der Waals surface area contributed by atoms with Gasteiger partial charge in [0.05, 0.1) is 10.8 Å². The van der Waals surface area contributed by atoms with Crippen molar-refractivity contribution in [2.45, 2.75) is 13.8 Å². The summed E-state index contributed by atoms with van der Waals surface area (Å²) in [5.74, 6) is 1.88. The molecule has 2 aromatic rings. The molecule has 1 aromatic heterocycles. The monoisotopic (exact) mass is 392 g/mol. The van der Waals surface area contributed by atoms with Crippen molar-refractivity contribution < 1.29 is 0 Å². The molecular formula is C18H22Cl2N6. The number of rotatable bonds is 7. The van der Waals surface area contributed by atoms with E-state index in [1.807, 2.05) is 19.9 Å². The Labute approximate surface area is 163 Å². The number of nitrogens with two attached hydrogens (primary N) is 1. The maximum absolute atomic E-state index is 6.29. The smallest absolute Gasteiger partial charge is 0.163 e. The number of hydrogen-bond donors (Lipinski definition) is 3. The van der Waals surface area contributed by atoms with Crippen LogP contribution in [0.15, 0.2) is 35.1 Å². The molecule has 8 heteroatoms. The summed E-state index contributed by atoms with van der Waals surface area (Å²) in [6.07, 6.45) is 3.34. The van der Waals surface area contributed by atoms with Crippen LogP contribution in [-0.2, 0) is 0 Å². The SMILES string of the molecule is C/N=C\C=C(/N)NCCNc1nc(-c2ccc(Cl)cc2Cl)nc(C)c1C. The fourth-order valence-corrected chi connectivity index (χ4v) is 2.69. The first-order valence-corrected chi connectivity index (χ1v) is 8.84. The van der Waals surface area contributed by atoms with Crippen molar-refractivity contribution in [1.82, 2.24) is 15.3 Å². The van der Waals surface area contributed by atoms with Gasteiger partial charge in [0.15, 0.2) is 5.82 Å². The summed E-state index contributed by atoms with van der Waals surface area (Å²) in [7, 11) is 1.69. The van der Waals surface area contributed by atoms with E-state index < -0.39 is 0 Å². The molecule has 0 amide bonds. The van der Waals surface area contributed by atoms with Crippen LogP contribution in [0.3, 0.4) is 0 Å². The molecule has 4 N–H and O–H groups in total. The number of halogens is 2. The van der Waals surface area contributed by atoms with E-state index in [9.17, 15) is 0 Å². The lowest BCUT2D eigenvalue weighted by atomic mass is 10.2. The third-order valence-corrected chi connectivity index (χ3v) is 4.26. The van der Waals surface area contributed by atoms with Gasteiger partial charge in [0.1, 0.15) is 5.82 Å². The molecule has 0 bridgehead atoms. The first kappa shape index (κ1) is 20.0. The van der Waals surface area contributed by atoms with E-state index >= 15 is 0 Å². The summed E-state index contributed by atoms with van der Waals surface area (Å²) in [4.78, 5) is 13.0. The number of nitrogens with one attached hydrogen (secondary N) is 2. The molecule has 0 unspecified atom stereocenters.